The van der Waals surface area contributed by atoms with Crippen molar-refractivity contribution < 1.29 is 4.79 Å². The number of benzene rings is 1. The van der Waals surface area contributed by atoms with Crippen molar-refractivity contribution in [1.82, 2.24) is 16.0 Å². The number of fused-ring (bicyclic) bond motifs is 1. The van der Waals surface area contributed by atoms with Gasteiger partial charge in [-0.25, -0.2) is 4.79 Å². The molecule has 9 heteroatoms. The van der Waals surface area contributed by atoms with Gasteiger partial charge in [-0.1, -0.05) is 26.0 Å². The second-order valence-electron chi connectivity index (χ2n) is 7.82. The second kappa shape index (κ2) is 9.90. The molecule has 0 radical (unpaired) electrons. The van der Waals surface area contributed by atoms with Crippen LogP contribution in [0.3, 0.4) is 0 Å². The molecule has 0 aromatic heterocycles. The molecule has 1 aromatic rings. The minimum Gasteiger partial charge on any atom is -0.370 e. The molecule has 2 heterocycles. The summed E-state index contributed by atoms with van der Waals surface area (Å²) < 4.78 is 0. The molecular formula is C21H31N7OS. The minimum atomic E-state index is -0.195. The molecule has 30 heavy (non-hydrogen) atoms. The van der Waals surface area contributed by atoms with E-state index >= 15 is 0 Å². The topological polar surface area (TPSA) is 121 Å². The van der Waals surface area contributed by atoms with E-state index in [1.54, 1.807) is 4.90 Å². The zero-order chi connectivity index (χ0) is 21.7. The molecule has 0 fully saturated rings. The highest BCUT2D eigenvalue weighted by molar-refractivity contribution is 7.81. The quantitative estimate of drug-likeness (QED) is 0.154. The summed E-state index contributed by atoms with van der Waals surface area (Å²) in [4.78, 5) is 18.2. The van der Waals surface area contributed by atoms with Crippen molar-refractivity contribution in [2.24, 2.45) is 22.4 Å². The molecule has 162 valence electrons. The highest BCUT2D eigenvalue weighted by Gasteiger charge is 2.32. The van der Waals surface area contributed by atoms with E-state index in [1.807, 2.05) is 30.5 Å². The Bertz CT molecular complexity index is 843. The predicted molar refractivity (Wildman–Crippen MR) is 125 cm³/mol. The number of carbonyl (C=O) groups is 1. The van der Waals surface area contributed by atoms with E-state index in [1.165, 1.54) is 0 Å². The highest BCUT2D eigenvalue weighted by Crippen LogP contribution is 2.28. The van der Waals surface area contributed by atoms with Crippen molar-refractivity contribution >= 4 is 30.3 Å². The number of nitrogens with two attached hydrogens (primary N) is 2. The summed E-state index contributed by atoms with van der Waals surface area (Å²) in [6.45, 7) is 6.44. The van der Waals surface area contributed by atoms with Gasteiger partial charge in [0.15, 0.2) is 5.96 Å². The molecule has 8 nitrogen and oxygen atoms in total. The number of anilines is 1. The molecule has 2 atom stereocenters. The monoisotopic (exact) mass is 429 g/mol. The first kappa shape index (κ1) is 22.0. The lowest BCUT2D eigenvalue weighted by Crippen LogP contribution is -2.52. The summed E-state index contributed by atoms with van der Waals surface area (Å²) in [5, 5.41) is 9.83. The fourth-order valence-corrected chi connectivity index (χ4v) is 3.48. The summed E-state index contributed by atoms with van der Waals surface area (Å²) in [7, 11) is 0. The van der Waals surface area contributed by atoms with E-state index in [0.29, 0.717) is 12.5 Å². The predicted octanol–water partition coefficient (Wildman–Crippen LogP) is 1.62. The van der Waals surface area contributed by atoms with E-state index < -0.39 is 0 Å². The SMILES string of the molecule is CC(C)C(S)C1=CC2=CN(c3ccc(CNCCCN=C(N)N)cc3)C(=O)NC2N1. The molecule has 2 amide bonds. The Hall–Kier alpha value is -2.65. The van der Waals surface area contributed by atoms with E-state index in [9.17, 15) is 4.79 Å². The lowest BCUT2D eigenvalue weighted by atomic mass is 10.1. The average molecular weight is 430 g/mol. The lowest BCUT2D eigenvalue weighted by molar-refractivity contribution is 0.243. The van der Waals surface area contributed by atoms with Crippen LogP contribution in [0.25, 0.3) is 0 Å². The van der Waals surface area contributed by atoms with E-state index in [0.717, 1.165) is 42.0 Å². The van der Waals surface area contributed by atoms with Crippen molar-refractivity contribution in [1.29, 1.82) is 0 Å². The van der Waals surface area contributed by atoms with Gasteiger partial charge in [0.2, 0.25) is 0 Å². The summed E-state index contributed by atoms with van der Waals surface area (Å²) in [6.07, 6.45) is 4.64. The van der Waals surface area contributed by atoms with Gasteiger partial charge in [0.05, 0.1) is 5.69 Å². The molecule has 2 aliphatic heterocycles. The Morgan fingerprint density at radius 3 is 2.67 bits per heavy atom. The molecule has 0 aliphatic carbocycles. The number of aliphatic imine (C=N–C) groups is 1. The summed E-state index contributed by atoms with van der Waals surface area (Å²) in [5.74, 6) is 0.520. The average Bonchev–Trinajstić information content (AvgIpc) is 3.12. The van der Waals surface area contributed by atoms with Crippen LogP contribution in [-0.2, 0) is 6.54 Å². The largest absolute Gasteiger partial charge is 0.370 e. The van der Waals surface area contributed by atoms with Gasteiger partial charge in [0, 0.05) is 35.8 Å². The number of nitrogens with one attached hydrogen (secondary N) is 3. The Morgan fingerprint density at radius 2 is 2.00 bits per heavy atom. The van der Waals surface area contributed by atoms with E-state index in [-0.39, 0.29) is 23.4 Å². The third-order valence-corrected chi connectivity index (χ3v) is 5.91. The third kappa shape index (κ3) is 5.48. The first-order chi connectivity index (χ1) is 14.3. The van der Waals surface area contributed by atoms with Crippen LogP contribution in [-0.4, -0.2) is 36.5 Å². The Balaban J connectivity index is 1.59. The maximum Gasteiger partial charge on any atom is 0.327 e. The number of guanidine groups is 1. The second-order valence-corrected chi connectivity index (χ2v) is 8.37. The number of urea groups is 1. The third-order valence-electron chi connectivity index (χ3n) is 5.03. The Labute approximate surface area is 183 Å². The fourth-order valence-electron chi connectivity index (χ4n) is 3.33. The van der Waals surface area contributed by atoms with Gasteiger partial charge in [-0.2, -0.15) is 12.6 Å². The van der Waals surface area contributed by atoms with Crippen molar-refractivity contribution in [2.45, 2.75) is 38.2 Å². The Kier molecular flexibility index (Phi) is 7.28. The molecule has 0 saturated heterocycles. The number of nitrogens with zero attached hydrogens (tertiary/aromatic N) is 2. The molecule has 0 spiro atoms. The first-order valence-electron chi connectivity index (χ1n) is 10.2. The molecule has 1 aromatic carbocycles. The minimum absolute atomic E-state index is 0.105. The first-order valence-corrected chi connectivity index (χ1v) is 10.7. The van der Waals surface area contributed by atoms with Gasteiger partial charge in [0.25, 0.3) is 0 Å². The number of amides is 2. The maximum atomic E-state index is 12.6. The van der Waals surface area contributed by atoms with Crippen LogP contribution < -0.4 is 32.3 Å². The standard InChI is InChI=1S/C21H31N7OS/c1-13(2)18(30)17-10-15-12-28(21(29)27-19(15)26-17)16-6-4-14(5-7-16)11-24-8-3-9-25-20(22)23/h4-7,10,12-13,18-19,24,26,30H,3,8-9,11H2,1-2H3,(H,27,29)(H4,22,23,25). The molecule has 3 rings (SSSR count). The van der Waals surface area contributed by atoms with Gasteiger partial charge < -0.3 is 27.4 Å². The van der Waals surface area contributed by atoms with Gasteiger partial charge in [0.1, 0.15) is 6.17 Å². The molecule has 2 aliphatic rings. The normalized spacial score (nSPS) is 18.9. The van der Waals surface area contributed by atoms with Gasteiger partial charge in [-0.15, -0.1) is 0 Å². The van der Waals surface area contributed by atoms with Crippen LogP contribution in [0.5, 0.6) is 0 Å². The smallest absolute Gasteiger partial charge is 0.327 e. The highest BCUT2D eigenvalue weighted by atomic mass is 32.1. The number of hydrogen-bond acceptors (Lipinski definition) is 5. The molecular weight excluding hydrogens is 398 g/mol. The maximum absolute atomic E-state index is 12.6. The van der Waals surface area contributed by atoms with Crippen LogP contribution in [0.2, 0.25) is 0 Å². The fraction of sp³-hybridized carbons (Fsp3) is 0.429. The van der Waals surface area contributed by atoms with Crippen molar-refractivity contribution in [3.63, 3.8) is 0 Å². The van der Waals surface area contributed by atoms with Crippen molar-refractivity contribution in [2.75, 3.05) is 18.0 Å². The van der Waals surface area contributed by atoms with E-state index in [4.69, 9.17) is 11.5 Å². The summed E-state index contributed by atoms with van der Waals surface area (Å²) in [5.41, 5.74) is 14.6. The molecule has 0 bridgehead atoms. The number of hydrogen-bond donors (Lipinski definition) is 6. The van der Waals surface area contributed by atoms with Crippen molar-refractivity contribution in [3.8, 4) is 0 Å². The number of carbonyl (C=O) groups excluding carboxylic acids is 1. The summed E-state index contributed by atoms with van der Waals surface area (Å²) in [6, 6.07) is 7.79. The van der Waals surface area contributed by atoms with E-state index in [2.05, 4.69) is 53.5 Å². The van der Waals surface area contributed by atoms with Crippen LogP contribution in [0, 0.1) is 5.92 Å². The molecule has 0 saturated carbocycles. The van der Waals surface area contributed by atoms with Crippen LogP contribution >= 0.6 is 12.6 Å². The van der Waals surface area contributed by atoms with Gasteiger partial charge in [-0.05, 0) is 42.7 Å². The van der Waals surface area contributed by atoms with Crippen LogP contribution in [0.4, 0.5) is 10.5 Å². The van der Waals surface area contributed by atoms with Crippen LogP contribution in [0.15, 0.2) is 52.8 Å². The number of thiol groups is 1. The summed E-state index contributed by atoms with van der Waals surface area (Å²) >= 11 is 4.67. The van der Waals surface area contributed by atoms with Crippen LogP contribution in [0.1, 0.15) is 25.8 Å². The Morgan fingerprint density at radius 1 is 1.27 bits per heavy atom. The number of rotatable bonds is 9. The molecule has 7 N–H and O–H groups in total. The zero-order valence-corrected chi connectivity index (χ0v) is 18.3. The van der Waals surface area contributed by atoms with Gasteiger partial charge >= 0.3 is 6.03 Å². The molecule has 2 unspecified atom stereocenters. The van der Waals surface area contributed by atoms with Gasteiger partial charge in [-0.3, -0.25) is 9.89 Å². The lowest BCUT2D eigenvalue weighted by Gasteiger charge is -2.29. The van der Waals surface area contributed by atoms with Crippen molar-refractivity contribution in [3.05, 3.63) is 53.4 Å². The zero-order valence-electron chi connectivity index (χ0n) is 17.4.